The van der Waals surface area contributed by atoms with Crippen LogP contribution >= 0.6 is 0 Å². The van der Waals surface area contributed by atoms with Gasteiger partial charge in [-0.15, -0.1) is 0 Å². The maximum absolute atomic E-state index is 12.7. The molecule has 5 heteroatoms. The molecule has 1 aromatic rings. The Labute approximate surface area is 99.6 Å². The SMILES string of the molecule is NCC1CCCCN1C(=O)c1ccc(F)cn1. The minimum Gasteiger partial charge on any atom is -0.333 e. The molecule has 4 nitrogen and oxygen atoms in total. The Balaban J connectivity index is 2.15. The smallest absolute Gasteiger partial charge is 0.272 e. The first kappa shape index (κ1) is 12.0. The number of amides is 1. The Morgan fingerprint density at radius 1 is 1.53 bits per heavy atom. The molecule has 1 amide bonds. The molecule has 0 aliphatic carbocycles. The molecule has 1 saturated heterocycles. The van der Waals surface area contributed by atoms with Gasteiger partial charge in [0, 0.05) is 19.1 Å². The zero-order valence-corrected chi connectivity index (χ0v) is 9.60. The summed E-state index contributed by atoms with van der Waals surface area (Å²) in [5.74, 6) is -0.587. The van der Waals surface area contributed by atoms with Crippen molar-refractivity contribution in [2.75, 3.05) is 13.1 Å². The standard InChI is InChI=1S/C12H16FN3O/c13-9-4-5-11(15-8-9)12(17)16-6-2-1-3-10(16)7-14/h4-5,8,10H,1-3,6-7,14H2. The molecule has 92 valence electrons. The molecule has 1 unspecified atom stereocenters. The number of aromatic nitrogens is 1. The van der Waals surface area contributed by atoms with Gasteiger partial charge in [-0.25, -0.2) is 9.37 Å². The molecule has 1 fully saturated rings. The predicted molar refractivity (Wildman–Crippen MR) is 61.9 cm³/mol. The lowest BCUT2D eigenvalue weighted by Crippen LogP contribution is -2.47. The van der Waals surface area contributed by atoms with E-state index in [1.807, 2.05) is 0 Å². The number of carbonyl (C=O) groups excluding carboxylic acids is 1. The minimum absolute atomic E-state index is 0.0862. The van der Waals surface area contributed by atoms with Crippen LogP contribution in [0.4, 0.5) is 4.39 Å². The quantitative estimate of drug-likeness (QED) is 0.840. The minimum atomic E-state index is -0.435. The Morgan fingerprint density at radius 3 is 3.00 bits per heavy atom. The van der Waals surface area contributed by atoms with Crippen molar-refractivity contribution in [3.63, 3.8) is 0 Å². The first-order valence-electron chi connectivity index (χ1n) is 5.85. The summed E-state index contributed by atoms with van der Waals surface area (Å²) < 4.78 is 12.7. The Morgan fingerprint density at radius 2 is 2.35 bits per heavy atom. The maximum atomic E-state index is 12.7. The van der Waals surface area contributed by atoms with E-state index >= 15 is 0 Å². The van der Waals surface area contributed by atoms with E-state index in [0.29, 0.717) is 13.1 Å². The maximum Gasteiger partial charge on any atom is 0.272 e. The van der Waals surface area contributed by atoms with Crippen molar-refractivity contribution < 1.29 is 9.18 Å². The van der Waals surface area contributed by atoms with E-state index in [2.05, 4.69) is 4.98 Å². The monoisotopic (exact) mass is 237 g/mol. The third-order valence-electron chi connectivity index (χ3n) is 3.11. The van der Waals surface area contributed by atoms with E-state index in [1.165, 1.54) is 12.1 Å². The molecular formula is C12H16FN3O. The molecule has 0 spiro atoms. The Bertz CT molecular complexity index is 393. The number of hydrogen-bond donors (Lipinski definition) is 1. The van der Waals surface area contributed by atoms with Crippen molar-refractivity contribution in [2.45, 2.75) is 25.3 Å². The fraction of sp³-hybridized carbons (Fsp3) is 0.500. The van der Waals surface area contributed by atoms with Crippen LogP contribution in [0, 0.1) is 5.82 Å². The van der Waals surface area contributed by atoms with Gasteiger partial charge in [0.05, 0.1) is 6.20 Å². The van der Waals surface area contributed by atoms with E-state index in [-0.39, 0.29) is 17.6 Å². The fourth-order valence-corrected chi connectivity index (χ4v) is 2.16. The van der Waals surface area contributed by atoms with Crippen LogP contribution in [-0.4, -0.2) is 34.9 Å². The molecule has 0 bridgehead atoms. The van der Waals surface area contributed by atoms with Crippen LogP contribution in [0.3, 0.4) is 0 Å². The summed E-state index contributed by atoms with van der Waals surface area (Å²) >= 11 is 0. The number of likely N-dealkylation sites (tertiary alicyclic amines) is 1. The van der Waals surface area contributed by atoms with Gasteiger partial charge in [0.2, 0.25) is 0 Å². The first-order valence-corrected chi connectivity index (χ1v) is 5.85. The van der Waals surface area contributed by atoms with Gasteiger partial charge in [0.1, 0.15) is 11.5 Å². The second kappa shape index (κ2) is 5.23. The molecule has 2 heterocycles. The number of hydrogen-bond acceptors (Lipinski definition) is 3. The molecule has 0 radical (unpaired) electrons. The van der Waals surface area contributed by atoms with Crippen molar-refractivity contribution in [1.29, 1.82) is 0 Å². The normalized spacial score (nSPS) is 20.4. The summed E-state index contributed by atoms with van der Waals surface area (Å²) in [5.41, 5.74) is 5.94. The number of rotatable bonds is 2. The lowest BCUT2D eigenvalue weighted by atomic mass is 10.0. The van der Waals surface area contributed by atoms with Gasteiger partial charge in [-0.1, -0.05) is 0 Å². The van der Waals surface area contributed by atoms with E-state index in [1.54, 1.807) is 4.90 Å². The lowest BCUT2D eigenvalue weighted by molar-refractivity contribution is 0.0617. The molecule has 17 heavy (non-hydrogen) atoms. The van der Waals surface area contributed by atoms with Crippen molar-refractivity contribution in [2.24, 2.45) is 5.73 Å². The van der Waals surface area contributed by atoms with E-state index in [4.69, 9.17) is 5.73 Å². The summed E-state index contributed by atoms with van der Waals surface area (Å²) in [6.07, 6.45) is 4.09. The summed E-state index contributed by atoms with van der Waals surface area (Å²) in [6.45, 7) is 1.17. The highest BCUT2D eigenvalue weighted by Gasteiger charge is 2.26. The number of carbonyl (C=O) groups is 1. The van der Waals surface area contributed by atoms with Crippen molar-refractivity contribution in [3.8, 4) is 0 Å². The van der Waals surface area contributed by atoms with E-state index in [9.17, 15) is 9.18 Å². The van der Waals surface area contributed by atoms with Gasteiger partial charge in [0.15, 0.2) is 0 Å². The zero-order valence-electron chi connectivity index (χ0n) is 9.60. The summed E-state index contributed by atoms with van der Waals surface area (Å²) in [5, 5.41) is 0. The van der Waals surface area contributed by atoms with Crippen LogP contribution in [-0.2, 0) is 0 Å². The van der Waals surface area contributed by atoms with Gasteiger partial charge in [-0.05, 0) is 31.4 Å². The summed E-state index contributed by atoms with van der Waals surface area (Å²) in [4.78, 5) is 17.7. The van der Waals surface area contributed by atoms with Crippen molar-refractivity contribution in [1.82, 2.24) is 9.88 Å². The highest BCUT2D eigenvalue weighted by molar-refractivity contribution is 5.92. The van der Waals surface area contributed by atoms with Crippen molar-refractivity contribution in [3.05, 3.63) is 29.8 Å². The number of halogens is 1. The second-order valence-electron chi connectivity index (χ2n) is 4.25. The Hall–Kier alpha value is -1.49. The average Bonchev–Trinajstić information content (AvgIpc) is 2.39. The molecule has 1 atom stereocenters. The van der Waals surface area contributed by atoms with Crippen LogP contribution in [0.5, 0.6) is 0 Å². The molecule has 0 aromatic carbocycles. The van der Waals surface area contributed by atoms with Crippen LogP contribution in [0.2, 0.25) is 0 Å². The topological polar surface area (TPSA) is 59.2 Å². The number of piperidine rings is 1. The summed E-state index contributed by atoms with van der Waals surface area (Å²) in [7, 11) is 0. The number of nitrogens with two attached hydrogens (primary N) is 1. The van der Waals surface area contributed by atoms with Crippen LogP contribution in [0.1, 0.15) is 29.8 Å². The third-order valence-corrected chi connectivity index (χ3v) is 3.11. The largest absolute Gasteiger partial charge is 0.333 e. The zero-order chi connectivity index (χ0) is 12.3. The average molecular weight is 237 g/mol. The number of pyridine rings is 1. The highest BCUT2D eigenvalue weighted by atomic mass is 19.1. The van der Waals surface area contributed by atoms with E-state index in [0.717, 1.165) is 25.5 Å². The molecule has 1 aromatic heterocycles. The van der Waals surface area contributed by atoms with Crippen LogP contribution in [0.25, 0.3) is 0 Å². The van der Waals surface area contributed by atoms with Crippen LogP contribution in [0.15, 0.2) is 18.3 Å². The molecule has 0 saturated carbocycles. The first-order chi connectivity index (χ1) is 8.22. The fourth-order valence-electron chi connectivity index (χ4n) is 2.16. The molecule has 1 aliphatic heterocycles. The van der Waals surface area contributed by atoms with Gasteiger partial charge in [0.25, 0.3) is 5.91 Å². The van der Waals surface area contributed by atoms with E-state index < -0.39 is 5.82 Å². The van der Waals surface area contributed by atoms with Gasteiger partial charge < -0.3 is 10.6 Å². The third kappa shape index (κ3) is 2.61. The van der Waals surface area contributed by atoms with Crippen LogP contribution < -0.4 is 5.73 Å². The van der Waals surface area contributed by atoms with Crippen molar-refractivity contribution >= 4 is 5.91 Å². The highest BCUT2D eigenvalue weighted by Crippen LogP contribution is 2.18. The molecule has 2 N–H and O–H groups in total. The predicted octanol–water partition coefficient (Wildman–Crippen LogP) is 1.17. The van der Waals surface area contributed by atoms with Gasteiger partial charge in [-0.2, -0.15) is 0 Å². The Kier molecular flexibility index (Phi) is 3.68. The molecule has 2 rings (SSSR count). The van der Waals surface area contributed by atoms with Gasteiger partial charge >= 0.3 is 0 Å². The molecular weight excluding hydrogens is 221 g/mol. The molecule has 1 aliphatic rings. The summed E-state index contributed by atoms with van der Waals surface area (Å²) in [6, 6.07) is 2.75. The number of nitrogens with zero attached hydrogens (tertiary/aromatic N) is 2. The second-order valence-corrected chi connectivity index (χ2v) is 4.25. The van der Waals surface area contributed by atoms with Gasteiger partial charge in [-0.3, -0.25) is 4.79 Å². The lowest BCUT2D eigenvalue weighted by Gasteiger charge is -2.34.